The molecule has 2 aromatic heterocycles. The normalized spacial score (nSPS) is 15.8. The maximum absolute atomic E-state index is 12.8. The summed E-state index contributed by atoms with van der Waals surface area (Å²) in [5, 5.41) is 19.0. The van der Waals surface area contributed by atoms with E-state index in [0.717, 1.165) is 53.1 Å². The fraction of sp³-hybridized carbons (Fsp3) is 0.500. The Hall–Kier alpha value is -1.88. The highest BCUT2D eigenvalue weighted by atomic mass is 32.2. The number of amides is 2. The highest BCUT2D eigenvalue weighted by molar-refractivity contribution is 7.93. The van der Waals surface area contributed by atoms with Crippen LogP contribution in [0.15, 0.2) is 14.8 Å². The largest absolute Gasteiger partial charge is 0.383 e. The summed E-state index contributed by atoms with van der Waals surface area (Å²) >= 11 is 0.980. The number of nitrogens with two attached hydrogens (primary N) is 1. The minimum atomic E-state index is -3.47. The lowest BCUT2D eigenvalue weighted by molar-refractivity contribution is 0.0783. The van der Waals surface area contributed by atoms with E-state index in [4.69, 9.17) is 5.14 Å². The molecule has 1 atom stereocenters. The van der Waals surface area contributed by atoms with E-state index in [-0.39, 0.29) is 4.21 Å². The van der Waals surface area contributed by atoms with Crippen LogP contribution in [0, 0.1) is 6.92 Å². The van der Waals surface area contributed by atoms with Crippen molar-refractivity contribution in [1.29, 1.82) is 0 Å². The van der Waals surface area contributed by atoms with Crippen LogP contribution in [-0.2, 0) is 34.8 Å². The molecule has 1 unspecified atom stereocenters. The standard InChI is InChI=1S/C18H25N5O3S2/c1-5-11-10(2)21-13-8-6-7-12(13)15(11)22-17(24)23-28(19,26)14-9-20-16(27-14)18(3,4)25/h9,25H,5-8H2,1-4H3,(H3,19,21,22,23,24,26). The second-order valence-electron chi connectivity index (χ2n) is 7.32. The first kappa shape index (κ1) is 20.8. The summed E-state index contributed by atoms with van der Waals surface area (Å²) in [7, 11) is -3.47. The number of aromatic nitrogens is 2. The van der Waals surface area contributed by atoms with Crippen molar-refractivity contribution in [3.8, 4) is 0 Å². The molecule has 2 amide bonds. The SMILES string of the molecule is CCc1c(C)nc2c(c1NC(=O)N=S(N)(=O)c1cnc(C(C)(C)O)s1)CCC2. The number of urea groups is 1. The number of carbonyl (C=O) groups excluding carboxylic acids is 1. The first-order valence-electron chi connectivity index (χ1n) is 9.08. The molecular formula is C18H25N5O3S2. The van der Waals surface area contributed by atoms with Crippen molar-refractivity contribution in [2.45, 2.75) is 63.2 Å². The van der Waals surface area contributed by atoms with Crippen LogP contribution in [0.2, 0.25) is 0 Å². The first-order chi connectivity index (χ1) is 13.0. The van der Waals surface area contributed by atoms with Gasteiger partial charge in [0.15, 0.2) is 9.92 Å². The third-order valence-electron chi connectivity index (χ3n) is 4.63. The van der Waals surface area contributed by atoms with Gasteiger partial charge in [-0.3, -0.25) is 4.98 Å². The smallest absolute Gasteiger partial charge is 0.354 e. The maximum atomic E-state index is 12.8. The molecule has 0 saturated carbocycles. The van der Waals surface area contributed by atoms with Gasteiger partial charge in [-0.05, 0) is 57.6 Å². The van der Waals surface area contributed by atoms with E-state index >= 15 is 0 Å². The Morgan fingerprint density at radius 1 is 1.46 bits per heavy atom. The van der Waals surface area contributed by atoms with Crippen molar-refractivity contribution in [3.63, 3.8) is 0 Å². The van der Waals surface area contributed by atoms with Gasteiger partial charge in [0.25, 0.3) is 0 Å². The zero-order valence-electron chi connectivity index (χ0n) is 16.4. The number of aryl methyl sites for hydroxylation is 2. The summed E-state index contributed by atoms with van der Waals surface area (Å²) in [5.41, 5.74) is 3.38. The molecule has 2 heterocycles. The van der Waals surface area contributed by atoms with Gasteiger partial charge < -0.3 is 10.4 Å². The van der Waals surface area contributed by atoms with Gasteiger partial charge in [0.05, 0.1) is 11.9 Å². The number of nitrogens with one attached hydrogen (secondary N) is 1. The maximum Gasteiger partial charge on any atom is 0.354 e. The average molecular weight is 424 g/mol. The van der Waals surface area contributed by atoms with Crippen LogP contribution in [0.5, 0.6) is 0 Å². The molecule has 4 N–H and O–H groups in total. The monoisotopic (exact) mass is 423 g/mol. The number of hydrogen-bond donors (Lipinski definition) is 3. The Morgan fingerprint density at radius 2 is 2.18 bits per heavy atom. The molecule has 2 aromatic rings. The van der Waals surface area contributed by atoms with E-state index in [1.54, 1.807) is 13.8 Å². The Labute approximate surface area is 168 Å². The van der Waals surface area contributed by atoms with Crippen LogP contribution in [0.1, 0.15) is 54.7 Å². The van der Waals surface area contributed by atoms with Crippen LogP contribution in [0.25, 0.3) is 0 Å². The Morgan fingerprint density at radius 3 is 2.79 bits per heavy atom. The summed E-state index contributed by atoms with van der Waals surface area (Å²) in [6.45, 7) is 7.05. The molecule has 0 spiro atoms. The predicted molar refractivity (Wildman–Crippen MR) is 110 cm³/mol. The van der Waals surface area contributed by atoms with E-state index < -0.39 is 21.5 Å². The number of hydrogen-bond acceptors (Lipinski definition) is 6. The second-order valence-corrected chi connectivity index (χ2v) is 10.4. The van der Waals surface area contributed by atoms with E-state index in [2.05, 4.69) is 19.6 Å². The number of aliphatic hydroxyl groups is 1. The number of pyridine rings is 1. The third kappa shape index (κ3) is 4.09. The lowest BCUT2D eigenvalue weighted by Gasteiger charge is -2.16. The highest BCUT2D eigenvalue weighted by Gasteiger charge is 2.25. The van der Waals surface area contributed by atoms with E-state index in [1.807, 2.05) is 13.8 Å². The van der Waals surface area contributed by atoms with Gasteiger partial charge >= 0.3 is 6.03 Å². The molecule has 1 aliphatic rings. The van der Waals surface area contributed by atoms with Gasteiger partial charge in [-0.1, -0.05) is 6.92 Å². The van der Waals surface area contributed by atoms with Gasteiger partial charge in [-0.2, -0.15) is 0 Å². The summed E-state index contributed by atoms with van der Waals surface area (Å²) in [4.78, 5) is 21.2. The van der Waals surface area contributed by atoms with Crippen molar-refractivity contribution in [3.05, 3.63) is 33.7 Å². The van der Waals surface area contributed by atoms with E-state index in [9.17, 15) is 14.1 Å². The number of fused-ring (bicyclic) bond motifs is 1. The molecule has 10 heteroatoms. The zero-order valence-corrected chi connectivity index (χ0v) is 18.0. The molecule has 0 aliphatic heterocycles. The van der Waals surface area contributed by atoms with Crippen molar-refractivity contribution < 1.29 is 14.1 Å². The summed E-state index contributed by atoms with van der Waals surface area (Å²) in [6, 6.07) is -0.764. The number of nitrogens with zero attached hydrogens (tertiary/aromatic N) is 3. The van der Waals surface area contributed by atoms with Crippen LogP contribution < -0.4 is 10.5 Å². The van der Waals surface area contributed by atoms with Gasteiger partial charge in [0, 0.05) is 11.4 Å². The Kier molecular flexibility index (Phi) is 5.59. The Balaban J connectivity index is 1.94. The van der Waals surface area contributed by atoms with Crippen LogP contribution in [-0.4, -0.2) is 25.3 Å². The molecular weight excluding hydrogens is 398 g/mol. The van der Waals surface area contributed by atoms with Crippen molar-refractivity contribution in [2.24, 2.45) is 9.50 Å². The van der Waals surface area contributed by atoms with E-state index in [1.165, 1.54) is 6.20 Å². The predicted octanol–water partition coefficient (Wildman–Crippen LogP) is 3.06. The summed E-state index contributed by atoms with van der Waals surface area (Å²) < 4.78 is 16.7. The van der Waals surface area contributed by atoms with Gasteiger partial charge in [0.1, 0.15) is 14.8 Å². The fourth-order valence-corrected chi connectivity index (χ4v) is 5.38. The van der Waals surface area contributed by atoms with Crippen molar-refractivity contribution >= 4 is 33.0 Å². The molecule has 0 fully saturated rings. The molecule has 8 nitrogen and oxygen atoms in total. The molecule has 0 radical (unpaired) electrons. The number of thiazole rings is 1. The average Bonchev–Trinajstić information content (AvgIpc) is 3.23. The van der Waals surface area contributed by atoms with Gasteiger partial charge in [-0.15, -0.1) is 15.7 Å². The van der Waals surface area contributed by atoms with Gasteiger partial charge in [0.2, 0.25) is 0 Å². The zero-order chi connectivity index (χ0) is 20.7. The molecule has 152 valence electrons. The summed E-state index contributed by atoms with van der Waals surface area (Å²) in [6.07, 6.45) is 4.72. The number of carbonyl (C=O) groups is 1. The molecule has 0 bridgehead atoms. The molecule has 28 heavy (non-hydrogen) atoms. The van der Waals surface area contributed by atoms with Crippen molar-refractivity contribution in [2.75, 3.05) is 5.32 Å². The minimum absolute atomic E-state index is 0.145. The molecule has 3 rings (SSSR count). The first-order valence-corrected chi connectivity index (χ1v) is 11.5. The lowest BCUT2D eigenvalue weighted by Crippen LogP contribution is -2.18. The second kappa shape index (κ2) is 7.51. The van der Waals surface area contributed by atoms with E-state index in [0.29, 0.717) is 17.1 Å². The highest BCUT2D eigenvalue weighted by Crippen LogP contribution is 2.33. The lowest BCUT2D eigenvalue weighted by atomic mass is 10.0. The van der Waals surface area contributed by atoms with Crippen molar-refractivity contribution in [1.82, 2.24) is 9.97 Å². The molecule has 1 aliphatic carbocycles. The van der Waals surface area contributed by atoms with Crippen LogP contribution >= 0.6 is 11.3 Å². The topological polar surface area (TPSA) is 131 Å². The quantitative estimate of drug-likeness (QED) is 0.695. The minimum Gasteiger partial charge on any atom is -0.383 e. The number of rotatable bonds is 4. The van der Waals surface area contributed by atoms with Crippen LogP contribution in [0.3, 0.4) is 0 Å². The third-order valence-corrected chi connectivity index (χ3v) is 7.82. The summed E-state index contributed by atoms with van der Waals surface area (Å²) in [5.74, 6) is 0. The fourth-order valence-electron chi connectivity index (χ4n) is 3.31. The number of anilines is 1. The molecule has 0 aromatic carbocycles. The molecule has 0 saturated heterocycles. The van der Waals surface area contributed by atoms with Gasteiger partial charge in [-0.25, -0.2) is 19.1 Å². The van der Waals surface area contributed by atoms with Crippen LogP contribution in [0.4, 0.5) is 10.5 Å². The Bertz CT molecular complexity index is 1040.